The van der Waals surface area contributed by atoms with Crippen molar-refractivity contribution in [2.75, 3.05) is 46.8 Å². The Kier molecular flexibility index (Phi) is 7.32. The van der Waals surface area contributed by atoms with Gasteiger partial charge in [-0.15, -0.1) is 0 Å². The standard InChI is InChI=1S/C18H30N4O4S/c1-5-20-10-6-7-16(20)14-21(12-11-19(3)4)27(25,26)17-9-8-15(2)18(13-17)22(23)24/h8-9,13,16H,5-7,10-12,14H2,1-4H3. The SMILES string of the molecule is CCN1CCCC1CN(CCN(C)C)S(=O)(=O)c1ccc(C)c([N+](=O)[O-])c1. The van der Waals surface area contributed by atoms with Crippen molar-refractivity contribution in [2.24, 2.45) is 0 Å². The van der Waals surface area contributed by atoms with Crippen LogP contribution in [0.4, 0.5) is 5.69 Å². The summed E-state index contributed by atoms with van der Waals surface area (Å²) in [5.74, 6) is 0. The van der Waals surface area contributed by atoms with Gasteiger partial charge in [-0.3, -0.25) is 15.0 Å². The van der Waals surface area contributed by atoms with E-state index in [-0.39, 0.29) is 16.6 Å². The van der Waals surface area contributed by atoms with Crippen LogP contribution in [0.25, 0.3) is 0 Å². The summed E-state index contributed by atoms with van der Waals surface area (Å²) in [6.07, 6.45) is 2.03. The molecule has 1 aliphatic rings. The van der Waals surface area contributed by atoms with Gasteiger partial charge < -0.3 is 4.90 Å². The van der Waals surface area contributed by atoms with E-state index in [9.17, 15) is 18.5 Å². The topological polar surface area (TPSA) is 87.0 Å². The van der Waals surface area contributed by atoms with Gasteiger partial charge in [-0.25, -0.2) is 8.42 Å². The van der Waals surface area contributed by atoms with Crippen LogP contribution in [-0.2, 0) is 10.0 Å². The van der Waals surface area contributed by atoms with Crippen molar-refractivity contribution in [3.63, 3.8) is 0 Å². The Bertz CT molecular complexity index is 767. The average Bonchev–Trinajstić information content (AvgIpc) is 3.05. The fourth-order valence-corrected chi connectivity index (χ4v) is 4.96. The first-order valence-corrected chi connectivity index (χ1v) is 10.7. The highest BCUT2D eigenvalue weighted by molar-refractivity contribution is 7.89. The van der Waals surface area contributed by atoms with Gasteiger partial charge in [0.2, 0.25) is 10.0 Å². The Hall–Kier alpha value is -1.55. The lowest BCUT2D eigenvalue weighted by atomic mass is 10.2. The highest BCUT2D eigenvalue weighted by Gasteiger charge is 2.32. The lowest BCUT2D eigenvalue weighted by Crippen LogP contribution is -2.45. The number of nitro benzene ring substituents is 1. The summed E-state index contributed by atoms with van der Waals surface area (Å²) >= 11 is 0. The minimum Gasteiger partial charge on any atom is -0.308 e. The Morgan fingerprint density at radius 1 is 1.30 bits per heavy atom. The zero-order valence-electron chi connectivity index (χ0n) is 16.6. The van der Waals surface area contributed by atoms with E-state index in [1.165, 1.54) is 22.5 Å². The molecule has 0 saturated carbocycles. The highest BCUT2D eigenvalue weighted by atomic mass is 32.2. The number of sulfonamides is 1. The quantitative estimate of drug-likeness (QED) is 0.467. The summed E-state index contributed by atoms with van der Waals surface area (Å²) in [5, 5.41) is 11.2. The second-order valence-electron chi connectivity index (χ2n) is 7.30. The molecule has 1 saturated heterocycles. The molecule has 0 aliphatic carbocycles. The first-order valence-electron chi connectivity index (χ1n) is 9.30. The van der Waals surface area contributed by atoms with Gasteiger partial charge in [0.05, 0.1) is 9.82 Å². The number of nitrogens with zero attached hydrogens (tertiary/aromatic N) is 4. The highest BCUT2D eigenvalue weighted by Crippen LogP contribution is 2.26. The van der Waals surface area contributed by atoms with Crippen molar-refractivity contribution < 1.29 is 13.3 Å². The molecule has 0 bridgehead atoms. The number of aryl methyl sites for hydroxylation is 1. The van der Waals surface area contributed by atoms with E-state index in [0.29, 0.717) is 25.2 Å². The van der Waals surface area contributed by atoms with Gasteiger partial charge >= 0.3 is 0 Å². The summed E-state index contributed by atoms with van der Waals surface area (Å²) in [6.45, 7) is 6.92. The summed E-state index contributed by atoms with van der Waals surface area (Å²) in [7, 11) is -0.0166. The molecule has 1 aliphatic heterocycles. The third kappa shape index (κ3) is 5.25. The second kappa shape index (κ2) is 9.09. The van der Waals surface area contributed by atoms with Crippen molar-refractivity contribution in [3.05, 3.63) is 33.9 Å². The van der Waals surface area contributed by atoms with Crippen LogP contribution in [0, 0.1) is 17.0 Å². The van der Waals surface area contributed by atoms with E-state index in [1.807, 2.05) is 19.0 Å². The Morgan fingerprint density at radius 3 is 2.59 bits per heavy atom. The molecule has 0 N–H and O–H groups in total. The monoisotopic (exact) mass is 398 g/mol. The maximum Gasteiger partial charge on any atom is 0.273 e. The van der Waals surface area contributed by atoms with E-state index in [0.717, 1.165) is 25.9 Å². The van der Waals surface area contributed by atoms with Gasteiger partial charge in [-0.2, -0.15) is 4.31 Å². The normalized spacial score (nSPS) is 18.5. The molecule has 0 aromatic heterocycles. The Morgan fingerprint density at radius 2 is 2.00 bits per heavy atom. The molecule has 1 aromatic carbocycles. The van der Waals surface area contributed by atoms with Crippen LogP contribution in [0.3, 0.4) is 0 Å². The largest absolute Gasteiger partial charge is 0.308 e. The maximum absolute atomic E-state index is 13.3. The third-order valence-electron chi connectivity index (χ3n) is 5.13. The Balaban J connectivity index is 2.34. The van der Waals surface area contributed by atoms with E-state index < -0.39 is 14.9 Å². The van der Waals surface area contributed by atoms with Crippen LogP contribution in [0.15, 0.2) is 23.1 Å². The fraction of sp³-hybridized carbons (Fsp3) is 0.667. The van der Waals surface area contributed by atoms with E-state index >= 15 is 0 Å². The zero-order chi connectivity index (χ0) is 20.2. The summed E-state index contributed by atoms with van der Waals surface area (Å²) in [5.41, 5.74) is 0.284. The first-order chi connectivity index (χ1) is 12.7. The van der Waals surface area contributed by atoms with E-state index in [1.54, 1.807) is 6.92 Å². The molecular weight excluding hydrogens is 368 g/mol. The predicted octanol–water partition coefficient (Wildman–Crippen LogP) is 1.94. The van der Waals surface area contributed by atoms with Gasteiger partial charge in [0.15, 0.2) is 0 Å². The molecule has 1 unspecified atom stereocenters. The van der Waals surface area contributed by atoms with Crippen molar-refractivity contribution in [1.29, 1.82) is 0 Å². The van der Waals surface area contributed by atoms with Crippen molar-refractivity contribution in [1.82, 2.24) is 14.1 Å². The third-order valence-corrected chi connectivity index (χ3v) is 6.99. The molecule has 27 heavy (non-hydrogen) atoms. The molecule has 0 radical (unpaired) electrons. The molecule has 8 nitrogen and oxygen atoms in total. The van der Waals surface area contributed by atoms with Gasteiger partial charge in [-0.1, -0.05) is 13.0 Å². The van der Waals surface area contributed by atoms with Crippen molar-refractivity contribution in [2.45, 2.75) is 37.6 Å². The lowest BCUT2D eigenvalue weighted by Gasteiger charge is -2.30. The van der Waals surface area contributed by atoms with Gasteiger partial charge in [0.1, 0.15) is 0 Å². The average molecular weight is 399 g/mol. The molecular formula is C18H30N4O4S. The molecule has 0 amide bonds. The van der Waals surface area contributed by atoms with Gasteiger partial charge in [-0.05, 0) is 53.0 Å². The number of benzene rings is 1. The first kappa shape index (κ1) is 21.7. The number of rotatable bonds is 9. The molecule has 1 atom stereocenters. The molecule has 9 heteroatoms. The number of nitro groups is 1. The van der Waals surface area contributed by atoms with Gasteiger partial charge in [0.25, 0.3) is 5.69 Å². The van der Waals surface area contributed by atoms with Crippen molar-refractivity contribution in [3.8, 4) is 0 Å². The van der Waals surface area contributed by atoms with Crippen LogP contribution in [0.2, 0.25) is 0 Å². The summed E-state index contributed by atoms with van der Waals surface area (Å²) in [6, 6.07) is 4.34. The molecule has 1 heterocycles. The summed E-state index contributed by atoms with van der Waals surface area (Å²) in [4.78, 5) is 14.9. The van der Waals surface area contributed by atoms with Gasteiger partial charge in [0, 0.05) is 37.3 Å². The van der Waals surface area contributed by atoms with Crippen LogP contribution in [0.5, 0.6) is 0 Å². The molecule has 2 rings (SSSR count). The smallest absolute Gasteiger partial charge is 0.273 e. The fourth-order valence-electron chi connectivity index (χ4n) is 3.47. The number of likely N-dealkylation sites (N-methyl/N-ethyl adjacent to an activating group) is 2. The number of hydrogen-bond acceptors (Lipinski definition) is 6. The minimum absolute atomic E-state index is 0.0143. The van der Waals surface area contributed by atoms with Crippen LogP contribution in [-0.4, -0.2) is 80.3 Å². The van der Waals surface area contributed by atoms with Crippen LogP contribution >= 0.6 is 0 Å². The molecule has 152 valence electrons. The maximum atomic E-state index is 13.3. The second-order valence-corrected chi connectivity index (χ2v) is 9.23. The minimum atomic E-state index is -3.81. The van der Waals surface area contributed by atoms with Crippen LogP contribution in [0.1, 0.15) is 25.3 Å². The van der Waals surface area contributed by atoms with Crippen LogP contribution < -0.4 is 0 Å². The molecule has 1 aromatic rings. The number of hydrogen-bond donors (Lipinski definition) is 0. The van der Waals surface area contributed by atoms with E-state index in [2.05, 4.69) is 11.8 Å². The summed E-state index contributed by atoms with van der Waals surface area (Å²) < 4.78 is 28.0. The predicted molar refractivity (Wildman–Crippen MR) is 105 cm³/mol. The lowest BCUT2D eigenvalue weighted by molar-refractivity contribution is -0.385. The zero-order valence-corrected chi connectivity index (χ0v) is 17.4. The molecule has 0 spiro atoms. The van der Waals surface area contributed by atoms with E-state index in [4.69, 9.17) is 0 Å². The molecule has 1 fully saturated rings. The Labute approximate surface area is 161 Å². The number of likely N-dealkylation sites (tertiary alicyclic amines) is 1. The van der Waals surface area contributed by atoms with Crippen molar-refractivity contribution >= 4 is 15.7 Å².